The highest BCUT2D eigenvalue weighted by Gasteiger charge is 2.54. The number of nitrogen functional groups attached to an aromatic ring is 1. The van der Waals surface area contributed by atoms with Gasteiger partial charge in [0.15, 0.2) is 5.79 Å². The Bertz CT molecular complexity index is 1830. The first kappa shape index (κ1) is 35.4. The van der Waals surface area contributed by atoms with Crippen molar-refractivity contribution < 1.29 is 27.4 Å². The number of hydrogen-bond acceptors (Lipinski definition) is 8. The van der Waals surface area contributed by atoms with Crippen molar-refractivity contribution in [3.05, 3.63) is 48.2 Å². The molecule has 10 nitrogen and oxygen atoms in total. The lowest BCUT2D eigenvalue weighted by Crippen LogP contribution is -2.44. The molecule has 1 saturated heterocycles. The summed E-state index contributed by atoms with van der Waals surface area (Å²) in [5, 5.41) is 4.67. The molecule has 50 heavy (non-hydrogen) atoms. The summed E-state index contributed by atoms with van der Waals surface area (Å²) in [5.41, 5.74) is 7.32. The van der Waals surface area contributed by atoms with Crippen LogP contribution in [0.2, 0.25) is 25.7 Å². The number of halogens is 3. The van der Waals surface area contributed by atoms with E-state index in [4.69, 9.17) is 24.9 Å². The van der Waals surface area contributed by atoms with Crippen molar-refractivity contribution in [2.24, 2.45) is 17.8 Å². The fourth-order valence-electron chi connectivity index (χ4n) is 8.10. The topological polar surface area (TPSA) is 114 Å². The summed E-state index contributed by atoms with van der Waals surface area (Å²) in [6.45, 7) is 14.8. The van der Waals surface area contributed by atoms with Crippen molar-refractivity contribution >= 4 is 36.0 Å². The van der Waals surface area contributed by atoms with Crippen molar-refractivity contribution in [1.82, 2.24) is 29.4 Å². The molecule has 3 fully saturated rings. The molecule has 0 bridgehead atoms. The summed E-state index contributed by atoms with van der Waals surface area (Å²) >= 11 is 0. The Hall–Kier alpha value is -3.04. The van der Waals surface area contributed by atoms with E-state index in [0.29, 0.717) is 54.5 Å². The van der Waals surface area contributed by atoms with Gasteiger partial charge in [0.2, 0.25) is 0 Å². The quantitative estimate of drug-likeness (QED) is 0.119. The molecule has 1 aromatic carbocycles. The first-order valence-electron chi connectivity index (χ1n) is 17.9. The zero-order chi connectivity index (χ0) is 35.6. The lowest BCUT2D eigenvalue weighted by molar-refractivity contribution is -0.160. The van der Waals surface area contributed by atoms with E-state index in [1.54, 1.807) is 0 Å². The number of aromatic nitrogens is 5. The Morgan fingerprint density at radius 1 is 1.10 bits per heavy atom. The normalized spacial score (nSPS) is 27.2. The molecule has 4 aromatic rings. The fourth-order valence-corrected chi connectivity index (χ4v) is 8.86. The maximum absolute atomic E-state index is 13.5. The largest absolute Gasteiger partial charge is 0.416 e. The summed E-state index contributed by atoms with van der Waals surface area (Å²) in [6, 6.07) is 7.20. The molecule has 0 radical (unpaired) electrons. The van der Waals surface area contributed by atoms with Crippen LogP contribution in [0.4, 0.5) is 19.0 Å². The number of ether oxygens (including phenoxy) is 3. The zero-order valence-corrected chi connectivity index (χ0v) is 30.8. The number of anilines is 1. The molecule has 0 spiro atoms. The molecule has 4 heterocycles. The molecule has 5 atom stereocenters. The van der Waals surface area contributed by atoms with E-state index in [1.807, 2.05) is 30.7 Å². The van der Waals surface area contributed by atoms with Crippen molar-refractivity contribution in [2.75, 3.05) is 18.9 Å². The second kappa shape index (κ2) is 13.2. The van der Waals surface area contributed by atoms with Crippen LogP contribution in [-0.2, 0) is 33.5 Å². The van der Waals surface area contributed by atoms with Crippen LogP contribution in [0.15, 0.2) is 36.8 Å². The molecule has 0 amide bonds. The Balaban J connectivity index is 0.982. The summed E-state index contributed by atoms with van der Waals surface area (Å²) in [5.74, 6) is 1.76. The number of imidazole rings is 1. The van der Waals surface area contributed by atoms with Crippen molar-refractivity contribution in [3.8, 4) is 0 Å². The molecule has 2 aliphatic carbocycles. The van der Waals surface area contributed by atoms with Gasteiger partial charge in [-0.1, -0.05) is 19.6 Å². The van der Waals surface area contributed by atoms with Gasteiger partial charge in [0.1, 0.15) is 36.5 Å². The van der Waals surface area contributed by atoms with Crippen LogP contribution in [0, 0.1) is 17.8 Å². The average molecular weight is 714 g/mol. The lowest BCUT2D eigenvalue weighted by Gasteiger charge is -2.40. The Morgan fingerprint density at radius 2 is 1.86 bits per heavy atom. The molecule has 3 N–H and O–H groups in total. The van der Waals surface area contributed by atoms with Crippen LogP contribution >= 0.6 is 0 Å². The smallest absolute Gasteiger partial charge is 0.383 e. The molecular formula is C36H50F3N7O3Si. The summed E-state index contributed by atoms with van der Waals surface area (Å²) < 4.78 is 63.6. The second-order valence-corrected chi connectivity index (χ2v) is 22.0. The van der Waals surface area contributed by atoms with E-state index < -0.39 is 25.6 Å². The fraction of sp³-hybridized carbons (Fsp3) is 0.639. The highest BCUT2D eigenvalue weighted by Crippen LogP contribution is 2.48. The predicted octanol–water partition coefficient (Wildman–Crippen LogP) is 7.02. The van der Waals surface area contributed by atoms with Crippen LogP contribution in [0.3, 0.4) is 0 Å². The van der Waals surface area contributed by atoms with E-state index >= 15 is 0 Å². The minimum Gasteiger partial charge on any atom is -0.383 e. The van der Waals surface area contributed by atoms with E-state index in [9.17, 15) is 13.2 Å². The monoisotopic (exact) mass is 713 g/mol. The number of benzene rings is 1. The standard InChI is InChI=1S/C36H50F3N7O3Si/c1-21(41-18-24-16-29(32-31(24)48-35(2,3)49-32)45-10-9-26-33(40)42-19-43-34(26)45)23-13-22(14-23)15-30-44-27-17-25(36(37,38)39)7-8-28(27)46(30)20-47-11-12-50(4,5)6/h7-10,17,19,21-24,29,31-32,41H,11-16,18,20H2,1-6H3,(H2,40,42,43)/t21?,22?,23?,24-,29-,31-,32+/m1/s1. The second-order valence-electron chi connectivity index (χ2n) is 16.4. The highest BCUT2D eigenvalue weighted by atomic mass is 28.3. The van der Waals surface area contributed by atoms with E-state index in [2.05, 4.69) is 46.4 Å². The van der Waals surface area contributed by atoms with Gasteiger partial charge in [-0.05, 0) is 82.2 Å². The van der Waals surface area contributed by atoms with Gasteiger partial charge in [0.05, 0.1) is 34.1 Å². The van der Waals surface area contributed by atoms with Gasteiger partial charge in [-0.25, -0.2) is 15.0 Å². The van der Waals surface area contributed by atoms with E-state index in [1.165, 1.54) is 12.4 Å². The van der Waals surface area contributed by atoms with E-state index in [0.717, 1.165) is 60.8 Å². The molecular weight excluding hydrogens is 664 g/mol. The number of hydrogen-bond donors (Lipinski definition) is 2. The minimum atomic E-state index is -4.41. The first-order chi connectivity index (χ1) is 23.6. The highest BCUT2D eigenvalue weighted by molar-refractivity contribution is 6.76. The van der Waals surface area contributed by atoms with Crippen LogP contribution < -0.4 is 11.1 Å². The number of nitrogens with zero attached hydrogens (tertiary/aromatic N) is 5. The van der Waals surface area contributed by atoms with Crippen LogP contribution in [0.1, 0.15) is 57.5 Å². The van der Waals surface area contributed by atoms with Crippen molar-refractivity contribution in [2.45, 2.75) is 115 Å². The number of nitrogens with two attached hydrogens (primary N) is 1. The number of rotatable bonds is 12. The molecule has 3 aliphatic rings. The maximum atomic E-state index is 13.5. The summed E-state index contributed by atoms with van der Waals surface area (Å²) in [7, 11) is -1.28. The molecule has 14 heteroatoms. The Morgan fingerprint density at radius 3 is 2.60 bits per heavy atom. The maximum Gasteiger partial charge on any atom is 0.416 e. The van der Waals surface area contributed by atoms with Gasteiger partial charge < -0.3 is 34.4 Å². The number of alkyl halides is 3. The van der Waals surface area contributed by atoms with Crippen molar-refractivity contribution in [3.63, 3.8) is 0 Å². The third-order valence-electron chi connectivity index (χ3n) is 11.0. The zero-order valence-electron chi connectivity index (χ0n) is 29.8. The van der Waals surface area contributed by atoms with Gasteiger partial charge in [0.25, 0.3) is 0 Å². The van der Waals surface area contributed by atoms with Crippen LogP contribution in [-0.4, -0.2) is 69.3 Å². The predicted molar refractivity (Wildman–Crippen MR) is 189 cm³/mol. The summed E-state index contributed by atoms with van der Waals surface area (Å²) in [4.78, 5) is 13.4. The van der Waals surface area contributed by atoms with Gasteiger partial charge in [-0.2, -0.15) is 13.2 Å². The first-order valence-corrected chi connectivity index (χ1v) is 21.6. The molecule has 3 aromatic heterocycles. The SMILES string of the molecule is CC(NC[C@H]1C[C@@H](n2ccc3c(N)ncnc32)[C@@H]2OC(C)(C)O[C@H]12)C1CC(Cc2nc3cc(C(F)(F)F)ccc3n2COCC[Si](C)(C)C)C1. The summed E-state index contributed by atoms with van der Waals surface area (Å²) in [6.07, 6.45) is 2.64. The van der Waals surface area contributed by atoms with Crippen molar-refractivity contribution in [1.29, 1.82) is 0 Å². The third kappa shape index (κ3) is 7.18. The molecule has 1 aliphatic heterocycles. The van der Waals surface area contributed by atoms with Gasteiger partial charge in [-0.15, -0.1) is 0 Å². The minimum absolute atomic E-state index is 0.0423. The molecule has 7 rings (SSSR count). The van der Waals surface area contributed by atoms with Crippen LogP contribution in [0.5, 0.6) is 0 Å². The van der Waals surface area contributed by atoms with Gasteiger partial charge >= 0.3 is 6.18 Å². The van der Waals surface area contributed by atoms with E-state index in [-0.39, 0.29) is 24.2 Å². The average Bonchev–Trinajstić information content (AvgIpc) is 3.75. The Kier molecular flexibility index (Phi) is 9.32. The third-order valence-corrected chi connectivity index (χ3v) is 12.7. The van der Waals surface area contributed by atoms with Gasteiger partial charge in [-0.3, -0.25) is 0 Å². The van der Waals surface area contributed by atoms with Gasteiger partial charge in [0, 0.05) is 45.8 Å². The lowest BCUT2D eigenvalue weighted by atomic mass is 9.70. The number of nitrogens with one attached hydrogen (secondary N) is 1. The molecule has 1 unspecified atom stereocenters. The van der Waals surface area contributed by atoms with Crippen LogP contribution in [0.25, 0.3) is 22.1 Å². The molecule has 2 saturated carbocycles. The molecule has 272 valence electrons. The Labute approximate surface area is 292 Å². The number of fused-ring (bicyclic) bond motifs is 3.